The highest BCUT2D eigenvalue weighted by molar-refractivity contribution is 5.87. The Hall–Kier alpha value is -2.32. The average Bonchev–Trinajstić information content (AvgIpc) is 2.24. The maximum absolute atomic E-state index is 11.9. The molecule has 0 unspecified atom stereocenters. The first kappa shape index (κ1) is 17.7. The molecule has 0 rings (SSSR count). The molecule has 9 nitrogen and oxygen atoms in total. The van der Waals surface area contributed by atoms with Gasteiger partial charge >= 0.3 is 18.0 Å². The lowest BCUT2D eigenvalue weighted by molar-refractivity contribution is -0.140. The van der Waals surface area contributed by atoms with Crippen LogP contribution in [0.2, 0.25) is 0 Å². The summed E-state index contributed by atoms with van der Waals surface area (Å²) in [5.74, 6) is -3.08. The van der Waals surface area contributed by atoms with Crippen LogP contribution in [0.15, 0.2) is 0 Å². The molecule has 0 aliphatic carbocycles. The van der Waals surface area contributed by atoms with Gasteiger partial charge in [0, 0.05) is 13.1 Å². The predicted molar refractivity (Wildman–Crippen MR) is 68.1 cm³/mol. The van der Waals surface area contributed by atoms with Crippen LogP contribution < -0.4 is 5.32 Å². The lowest BCUT2D eigenvalue weighted by Gasteiger charge is -2.25. The van der Waals surface area contributed by atoms with Gasteiger partial charge in [-0.05, 0) is 13.8 Å². The maximum Gasteiger partial charge on any atom is 0.323 e. The summed E-state index contributed by atoms with van der Waals surface area (Å²) in [5.41, 5.74) is 0. The van der Waals surface area contributed by atoms with Crippen molar-refractivity contribution in [3.05, 3.63) is 0 Å². The second kappa shape index (κ2) is 7.97. The van der Waals surface area contributed by atoms with Crippen molar-refractivity contribution in [3.63, 3.8) is 0 Å². The Morgan fingerprint density at radius 1 is 1.00 bits per heavy atom. The van der Waals surface area contributed by atoms with Crippen molar-refractivity contribution in [3.8, 4) is 0 Å². The van der Waals surface area contributed by atoms with Gasteiger partial charge in [0.2, 0.25) is 5.91 Å². The molecule has 0 fully saturated rings. The minimum Gasteiger partial charge on any atom is -0.480 e. The van der Waals surface area contributed by atoms with E-state index in [4.69, 9.17) is 10.2 Å². The zero-order chi connectivity index (χ0) is 15.9. The van der Waals surface area contributed by atoms with E-state index in [1.807, 2.05) is 0 Å². The largest absolute Gasteiger partial charge is 0.480 e. The summed E-state index contributed by atoms with van der Waals surface area (Å²) >= 11 is 0. The van der Waals surface area contributed by atoms with E-state index in [0.717, 1.165) is 4.90 Å². The third-order valence-corrected chi connectivity index (χ3v) is 2.08. The van der Waals surface area contributed by atoms with Gasteiger partial charge in [0.15, 0.2) is 0 Å². The van der Waals surface area contributed by atoms with Gasteiger partial charge < -0.3 is 25.3 Å². The molecule has 0 saturated carbocycles. The van der Waals surface area contributed by atoms with Crippen LogP contribution in [0.25, 0.3) is 0 Å². The van der Waals surface area contributed by atoms with Crippen molar-refractivity contribution in [2.24, 2.45) is 0 Å². The minimum atomic E-state index is -1.33. The number of hydrogen-bond donors (Lipinski definition) is 3. The van der Waals surface area contributed by atoms with E-state index in [-0.39, 0.29) is 12.6 Å². The van der Waals surface area contributed by atoms with E-state index >= 15 is 0 Å². The SMILES string of the molecule is CC(C)NC(=O)CN(C)C(=O)N(CC(=O)O)CC(=O)O. The lowest BCUT2D eigenvalue weighted by Crippen LogP contribution is -2.49. The Balaban J connectivity index is 4.66. The summed E-state index contributed by atoms with van der Waals surface area (Å²) in [6, 6.07) is -0.936. The highest BCUT2D eigenvalue weighted by Crippen LogP contribution is 1.97. The molecular weight excluding hydrogens is 270 g/mol. The molecule has 0 saturated heterocycles. The Labute approximate surface area is 116 Å². The summed E-state index contributed by atoms with van der Waals surface area (Å²) in [4.78, 5) is 46.2. The highest BCUT2D eigenvalue weighted by atomic mass is 16.4. The van der Waals surface area contributed by atoms with Crippen LogP contribution in [-0.2, 0) is 14.4 Å². The first-order valence-electron chi connectivity index (χ1n) is 5.86. The Morgan fingerprint density at radius 3 is 1.80 bits per heavy atom. The number of amides is 3. The van der Waals surface area contributed by atoms with Crippen molar-refractivity contribution in [2.45, 2.75) is 19.9 Å². The smallest absolute Gasteiger partial charge is 0.323 e. The van der Waals surface area contributed by atoms with Crippen LogP contribution in [0.4, 0.5) is 4.79 Å². The van der Waals surface area contributed by atoms with Crippen LogP contribution in [0.3, 0.4) is 0 Å². The number of rotatable bonds is 7. The molecule has 0 bridgehead atoms. The number of aliphatic carboxylic acids is 2. The molecule has 0 aliphatic heterocycles. The number of nitrogens with zero attached hydrogens (tertiary/aromatic N) is 2. The molecule has 9 heteroatoms. The number of carbonyl (C=O) groups is 4. The number of carbonyl (C=O) groups excluding carboxylic acids is 2. The number of urea groups is 1. The number of carboxylic acids is 2. The fourth-order valence-electron chi connectivity index (χ4n) is 1.41. The number of nitrogens with one attached hydrogen (secondary N) is 1. The molecule has 3 N–H and O–H groups in total. The van der Waals surface area contributed by atoms with Gasteiger partial charge in [-0.2, -0.15) is 0 Å². The highest BCUT2D eigenvalue weighted by Gasteiger charge is 2.24. The molecule has 0 aromatic rings. The van der Waals surface area contributed by atoms with Gasteiger partial charge in [-0.1, -0.05) is 0 Å². The van der Waals surface area contributed by atoms with Crippen LogP contribution in [0.1, 0.15) is 13.8 Å². The molecular formula is C11H19N3O6. The number of likely N-dealkylation sites (N-methyl/N-ethyl adjacent to an activating group) is 1. The maximum atomic E-state index is 11.9. The molecule has 0 atom stereocenters. The quantitative estimate of drug-likeness (QED) is 0.553. The summed E-state index contributed by atoms with van der Waals surface area (Å²) in [6.45, 7) is 1.72. The first-order valence-corrected chi connectivity index (χ1v) is 5.86. The third-order valence-electron chi connectivity index (χ3n) is 2.08. The van der Waals surface area contributed by atoms with E-state index in [1.54, 1.807) is 13.8 Å². The van der Waals surface area contributed by atoms with Gasteiger partial charge in [-0.3, -0.25) is 14.4 Å². The van der Waals surface area contributed by atoms with Crippen molar-refractivity contribution in [2.75, 3.05) is 26.7 Å². The van der Waals surface area contributed by atoms with Gasteiger partial charge in [0.25, 0.3) is 0 Å². The Kier molecular flexibility index (Phi) is 7.05. The summed E-state index contributed by atoms with van der Waals surface area (Å²) in [7, 11) is 1.29. The summed E-state index contributed by atoms with van der Waals surface area (Å²) < 4.78 is 0. The van der Waals surface area contributed by atoms with Crippen molar-refractivity contribution in [1.29, 1.82) is 0 Å². The average molecular weight is 289 g/mol. The molecule has 0 aromatic carbocycles. The number of hydrogen-bond acceptors (Lipinski definition) is 4. The Bertz CT molecular complexity index is 380. The molecule has 114 valence electrons. The van der Waals surface area contributed by atoms with Gasteiger partial charge in [-0.15, -0.1) is 0 Å². The second-order valence-electron chi connectivity index (χ2n) is 4.50. The van der Waals surface area contributed by atoms with Crippen LogP contribution in [0.5, 0.6) is 0 Å². The fraction of sp³-hybridized carbons (Fsp3) is 0.636. The third kappa shape index (κ3) is 7.19. The van der Waals surface area contributed by atoms with Crippen molar-refractivity contribution in [1.82, 2.24) is 15.1 Å². The zero-order valence-corrected chi connectivity index (χ0v) is 11.6. The van der Waals surface area contributed by atoms with E-state index in [1.165, 1.54) is 7.05 Å². The zero-order valence-electron chi connectivity index (χ0n) is 11.6. The Morgan fingerprint density at radius 2 is 1.45 bits per heavy atom. The standard InChI is InChI=1S/C11H19N3O6/c1-7(2)12-8(15)4-13(3)11(20)14(5-9(16)17)6-10(18)19/h7H,4-6H2,1-3H3,(H,12,15)(H,16,17)(H,18,19). The molecule has 0 aliphatic rings. The van der Waals surface area contributed by atoms with E-state index in [2.05, 4.69) is 5.32 Å². The van der Waals surface area contributed by atoms with Crippen LogP contribution >= 0.6 is 0 Å². The monoisotopic (exact) mass is 289 g/mol. The summed E-state index contributed by atoms with van der Waals surface area (Å²) in [6.07, 6.45) is 0. The molecule has 0 spiro atoms. The summed E-state index contributed by atoms with van der Waals surface area (Å²) in [5, 5.41) is 19.9. The van der Waals surface area contributed by atoms with Gasteiger partial charge in [0.1, 0.15) is 19.6 Å². The molecule has 0 aromatic heterocycles. The minimum absolute atomic E-state index is 0.0971. The van der Waals surface area contributed by atoms with E-state index < -0.39 is 37.0 Å². The van der Waals surface area contributed by atoms with Gasteiger partial charge in [-0.25, -0.2) is 4.79 Å². The second-order valence-corrected chi connectivity index (χ2v) is 4.50. The van der Waals surface area contributed by atoms with E-state index in [0.29, 0.717) is 4.90 Å². The first-order chi connectivity index (χ1) is 9.13. The fourth-order valence-corrected chi connectivity index (χ4v) is 1.41. The predicted octanol–water partition coefficient (Wildman–Crippen LogP) is -0.966. The van der Waals surface area contributed by atoms with E-state index in [9.17, 15) is 19.2 Å². The molecule has 0 heterocycles. The van der Waals surface area contributed by atoms with Crippen molar-refractivity contribution < 1.29 is 29.4 Å². The lowest BCUT2D eigenvalue weighted by atomic mass is 10.4. The van der Waals surface area contributed by atoms with Crippen LogP contribution in [-0.4, -0.2) is 76.6 Å². The topological polar surface area (TPSA) is 127 Å². The molecule has 20 heavy (non-hydrogen) atoms. The van der Waals surface area contributed by atoms with Crippen molar-refractivity contribution >= 4 is 23.9 Å². The van der Waals surface area contributed by atoms with Gasteiger partial charge in [0.05, 0.1) is 0 Å². The molecule has 0 radical (unpaired) electrons. The van der Waals surface area contributed by atoms with Crippen LogP contribution in [0, 0.1) is 0 Å². The number of carboxylic acid groups (broad SMARTS) is 2. The molecule has 3 amide bonds. The normalized spacial score (nSPS) is 10.0.